The van der Waals surface area contributed by atoms with Gasteiger partial charge < -0.3 is 43.9 Å². The van der Waals surface area contributed by atoms with Gasteiger partial charge in [0, 0.05) is 77.3 Å². The quantitative estimate of drug-likeness (QED) is 0.0979. The minimum atomic E-state index is -0.607. The van der Waals surface area contributed by atoms with Gasteiger partial charge in [0.15, 0.2) is 0 Å². The van der Waals surface area contributed by atoms with Crippen molar-refractivity contribution < 1.29 is 28.7 Å². The van der Waals surface area contributed by atoms with E-state index in [9.17, 15) is 19.2 Å². The van der Waals surface area contributed by atoms with E-state index in [1.165, 1.54) is 12.4 Å². The number of rotatable bonds is 15. The zero-order valence-electron chi connectivity index (χ0n) is 40.8. The van der Waals surface area contributed by atoms with E-state index in [4.69, 9.17) is 49.1 Å². The van der Waals surface area contributed by atoms with Crippen LogP contribution in [0.5, 0.6) is 0 Å². The first kappa shape index (κ1) is 50.1. The Morgan fingerprint density at radius 3 is 1.60 bits per heavy atom. The zero-order chi connectivity index (χ0) is 52.4. The van der Waals surface area contributed by atoms with E-state index in [0.29, 0.717) is 54.0 Å². The highest BCUT2D eigenvalue weighted by molar-refractivity contribution is 6.31. The second kappa shape index (κ2) is 20.8. The number of hydrogen-bond donors (Lipinski definition) is 3. The normalized spacial score (nSPS) is 14.0. The lowest BCUT2D eigenvalue weighted by Gasteiger charge is -2.14. The van der Waals surface area contributed by atoms with Gasteiger partial charge in [-0.25, -0.2) is 19.9 Å². The Morgan fingerprint density at radius 2 is 1.13 bits per heavy atom. The van der Waals surface area contributed by atoms with Gasteiger partial charge in [0.2, 0.25) is 0 Å². The summed E-state index contributed by atoms with van der Waals surface area (Å²) in [4.78, 5) is 66.9. The summed E-state index contributed by atoms with van der Waals surface area (Å²) in [6.07, 6.45) is 24.0. The third-order valence-corrected chi connectivity index (χ3v) is 13.6. The summed E-state index contributed by atoms with van der Waals surface area (Å²) in [5.41, 5.74) is 18.6. The maximum absolute atomic E-state index is 12.7. The monoisotopic (exact) mass is 1050 g/mol. The Morgan fingerprint density at radius 1 is 0.653 bits per heavy atom. The van der Waals surface area contributed by atoms with Gasteiger partial charge in [-0.2, -0.15) is 10.2 Å². The second-order valence-electron chi connectivity index (χ2n) is 18.1. The molecule has 2 fully saturated rings. The highest BCUT2D eigenvalue weighted by Crippen LogP contribution is 2.51. The predicted octanol–water partition coefficient (Wildman–Crippen LogP) is 6.12. The summed E-state index contributed by atoms with van der Waals surface area (Å²) in [7, 11) is 0. The first-order chi connectivity index (χ1) is 36.3. The predicted molar refractivity (Wildman–Crippen MR) is 276 cm³/mol. The van der Waals surface area contributed by atoms with Crippen LogP contribution in [-0.4, -0.2) is 94.1 Å². The van der Waals surface area contributed by atoms with Crippen molar-refractivity contribution in [3.8, 4) is 0 Å². The Kier molecular flexibility index (Phi) is 13.9. The van der Waals surface area contributed by atoms with Gasteiger partial charge in [0.25, 0.3) is 11.8 Å². The molecule has 0 bridgehead atoms. The van der Waals surface area contributed by atoms with Gasteiger partial charge in [-0.3, -0.25) is 28.5 Å². The number of imidazole rings is 4. The number of esters is 2. The number of pyridine rings is 4. The Balaban J connectivity index is 0.000000145. The van der Waals surface area contributed by atoms with E-state index < -0.39 is 16.7 Å². The standard InChI is InChI=1S/C26H24ClN7O3.C18H19N5O3.C8H8ClN3/c1-2-37-25(36)26(6-7-26)20-4-3-8-32-14-19(31-23(20)32)15-34-13-17(11-30-34)24(35)28-12-21-22-10-18(27)5-9-33(22)16-29-21;1-2-26-17(25)18(5-6-18)14-4-3-7-22-10-13(21-16(14)22)11-23-9-12(8-20-23)15(19)24;9-6-1-2-12-5-11-7(4-10)8(12)3-6/h3-5,8-11,13-14,16H,2,6-7,12,15H2,1H3,(H,28,35);3-4,7-10H,2,5-6,11H2,1H3,(H2,19,24);1-3,5H,4,10H2. The number of halogens is 2. The minimum absolute atomic E-state index is 0.184. The molecule has 5 N–H and O–H groups in total. The number of carbonyl (C=O) groups is 4. The molecule has 2 aliphatic carbocycles. The lowest BCUT2D eigenvalue weighted by Crippen LogP contribution is -2.24. The summed E-state index contributed by atoms with van der Waals surface area (Å²) in [5.74, 6) is -1.15. The number of primary amides is 1. The molecule has 21 nitrogen and oxygen atoms in total. The molecule has 23 heteroatoms. The maximum atomic E-state index is 12.7. The van der Waals surface area contributed by atoms with Crippen LogP contribution in [0.4, 0.5) is 0 Å². The Hall–Kier alpha value is -8.40. The van der Waals surface area contributed by atoms with Gasteiger partial charge in [-0.05, 0) is 75.9 Å². The largest absolute Gasteiger partial charge is 0.465 e. The highest BCUT2D eigenvalue weighted by atomic mass is 35.5. The maximum Gasteiger partial charge on any atom is 0.316 e. The number of ether oxygens (including phenoxy) is 2. The van der Waals surface area contributed by atoms with Gasteiger partial charge in [0.1, 0.15) is 11.3 Å². The molecule has 0 aromatic carbocycles. The van der Waals surface area contributed by atoms with Crippen LogP contribution in [-0.2, 0) is 56.1 Å². The number of aromatic nitrogens is 12. The number of fused-ring (bicyclic) bond motifs is 4. The molecule has 2 amide bonds. The van der Waals surface area contributed by atoms with E-state index in [1.807, 2.05) is 111 Å². The van der Waals surface area contributed by atoms with E-state index in [1.54, 1.807) is 40.5 Å². The summed E-state index contributed by atoms with van der Waals surface area (Å²) in [5, 5.41) is 12.7. The van der Waals surface area contributed by atoms with Crippen LogP contribution >= 0.6 is 23.2 Å². The van der Waals surface area contributed by atoms with Crippen LogP contribution in [0.25, 0.3) is 22.3 Å². The third kappa shape index (κ3) is 10.3. The molecule has 12 rings (SSSR count). The second-order valence-corrected chi connectivity index (χ2v) is 19.0. The molecular formula is C52H51Cl2N15O6. The molecule has 10 heterocycles. The fourth-order valence-corrected chi connectivity index (χ4v) is 9.37. The molecular weight excluding hydrogens is 1000 g/mol. The average molecular weight is 1050 g/mol. The Labute approximate surface area is 438 Å². The van der Waals surface area contributed by atoms with Gasteiger partial charge in [-0.15, -0.1) is 0 Å². The first-order valence-electron chi connectivity index (χ1n) is 24.1. The molecule has 2 saturated carbocycles. The van der Waals surface area contributed by atoms with E-state index in [2.05, 4.69) is 30.5 Å². The van der Waals surface area contributed by atoms with Crippen molar-refractivity contribution in [2.75, 3.05) is 13.2 Å². The average Bonchev–Trinajstić information content (AvgIpc) is 3.88. The summed E-state index contributed by atoms with van der Waals surface area (Å²) in [6.45, 7) is 5.83. The number of nitrogens with zero attached hydrogens (tertiary/aromatic N) is 12. The molecule has 10 aromatic rings. The van der Waals surface area contributed by atoms with E-state index in [0.717, 1.165) is 81.9 Å². The molecule has 75 heavy (non-hydrogen) atoms. The zero-order valence-corrected chi connectivity index (χ0v) is 42.4. The van der Waals surface area contributed by atoms with Gasteiger partial charge in [0.05, 0.1) is 114 Å². The summed E-state index contributed by atoms with van der Waals surface area (Å²) in [6, 6.07) is 15.0. The van der Waals surface area contributed by atoms with Crippen LogP contribution < -0.4 is 16.8 Å². The highest BCUT2D eigenvalue weighted by Gasteiger charge is 2.55. The number of hydrogen-bond acceptors (Lipinski definition) is 13. The summed E-state index contributed by atoms with van der Waals surface area (Å²) >= 11 is 11.9. The lowest BCUT2D eigenvalue weighted by molar-refractivity contribution is -0.147. The van der Waals surface area contributed by atoms with E-state index >= 15 is 0 Å². The smallest absolute Gasteiger partial charge is 0.316 e. The summed E-state index contributed by atoms with van der Waals surface area (Å²) < 4.78 is 21.4. The van der Waals surface area contributed by atoms with Crippen molar-refractivity contribution in [3.63, 3.8) is 0 Å². The van der Waals surface area contributed by atoms with Crippen molar-refractivity contribution in [2.45, 2.75) is 76.5 Å². The van der Waals surface area contributed by atoms with E-state index in [-0.39, 0.29) is 24.4 Å². The van der Waals surface area contributed by atoms with Crippen molar-refractivity contribution in [1.82, 2.24) is 62.4 Å². The molecule has 0 aliphatic heterocycles. The Bertz CT molecular complexity index is 3770. The lowest BCUT2D eigenvalue weighted by atomic mass is 9.97. The fraction of sp³-hybridized carbons (Fsp3) is 0.269. The third-order valence-electron chi connectivity index (χ3n) is 13.2. The van der Waals surface area contributed by atoms with Gasteiger partial charge in [-0.1, -0.05) is 35.3 Å². The van der Waals surface area contributed by atoms with Crippen LogP contribution in [0, 0.1) is 0 Å². The van der Waals surface area contributed by atoms with Crippen molar-refractivity contribution in [3.05, 3.63) is 178 Å². The van der Waals surface area contributed by atoms with Crippen molar-refractivity contribution in [2.24, 2.45) is 11.5 Å². The topological polar surface area (TPSA) is 256 Å². The number of nitrogens with one attached hydrogen (secondary N) is 1. The van der Waals surface area contributed by atoms with Crippen LogP contribution in [0.2, 0.25) is 10.0 Å². The number of carbonyl (C=O) groups excluding carboxylic acids is 4. The number of nitrogens with two attached hydrogens (primary N) is 2. The molecule has 384 valence electrons. The molecule has 10 aromatic heterocycles. The first-order valence-corrected chi connectivity index (χ1v) is 24.9. The van der Waals surface area contributed by atoms with Gasteiger partial charge >= 0.3 is 11.9 Å². The number of amides is 2. The SMILES string of the molecule is CCOC(=O)C1(c2cccn3cc(Cn4cc(C(=O)NCc5ncn6ccc(Cl)cc56)cn4)nc23)CC1.CCOC(=O)C1(c2cccn3cc(Cn4cc(C(N)=O)cn4)nc23)CC1.NCc1ncn2ccc(Cl)cc12. The molecule has 0 spiro atoms. The molecule has 0 saturated heterocycles. The minimum Gasteiger partial charge on any atom is -0.465 e. The van der Waals surface area contributed by atoms with Crippen LogP contribution in [0.15, 0.2) is 123 Å². The molecule has 0 atom stereocenters. The van der Waals surface area contributed by atoms with Crippen molar-refractivity contribution in [1.29, 1.82) is 0 Å². The van der Waals surface area contributed by atoms with Crippen molar-refractivity contribution >= 4 is 69.3 Å². The molecule has 2 aliphatic rings. The van der Waals surface area contributed by atoms with Crippen LogP contribution in [0.1, 0.15) is 94.1 Å². The molecule has 0 unspecified atom stereocenters. The van der Waals surface area contributed by atoms with Crippen LogP contribution in [0.3, 0.4) is 0 Å². The molecule has 0 radical (unpaired) electrons. The fourth-order valence-electron chi connectivity index (χ4n) is 9.05.